The molecule has 3 aliphatic rings. The van der Waals surface area contributed by atoms with Crippen LogP contribution in [0.4, 0.5) is 4.79 Å². The smallest absolute Gasteiger partial charge is 0.317 e. The van der Waals surface area contributed by atoms with Crippen molar-refractivity contribution in [3.05, 3.63) is 29.8 Å². The average Bonchev–Trinajstić information content (AvgIpc) is 3.54. The van der Waals surface area contributed by atoms with Crippen LogP contribution in [0.25, 0.3) is 0 Å². The van der Waals surface area contributed by atoms with Crippen molar-refractivity contribution < 1.29 is 14.3 Å². The molecule has 2 heterocycles. The number of benzene rings is 1. The van der Waals surface area contributed by atoms with Gasteiger partial charge in [0.2, 0.25) is 5.91 Å². The summed E-state index contributed by atoms with van der Waals surface area (Å²) in [5.74, 6) is 1.37. The van der Waals surface area contributed by atoms with Gasteiger partial charge in [0.05, 0.1) is 13.2 Å². The highest BCUT2D eigenvalue weighted by Crippen LogP contribution is 2.31. The lowest BCUT2D eigenvalue weighted by Gasteiger charge is -2.36. The molecule has 1 saturated carbocycles. The van der Waals surface area contributed by atoms with E-state index in [1.165, 1.54) is 25.7 Å². The van der Waals surface area contributed by atoms with Crippen LogP contribution in [0.3, 0.4) is 0 Å². The predicted molar refractivity (Wildman–Crippen MR) is 120 cm³/mol. The number of ether oxygens (including phenoxy) is 1. The maximum Gasteiger partial charge on any atom is 0.317 e. The third-order valence-electron chi connectivity index (χ3n) is 7.11. The molecule has 1 aromatic rings. The summed E-state index contributed by atoms with van der Waals surface area (Å²) in [4.78, 5) is 31.8. The number of rotatable bonds is 6. The fraction of sp³-hybridized carbons (Fsp3) is 0.667. The van der Waals surface area contributed by atoms with Gasteiger partial charge in [-0.05, 0) is 44.8 Å². The van der Waals surface area contributed by atoms with Crippen molar-refractivity contribution in [1.29, 1.82) is 0 Å². The fourth-order valence-electron chi connectivity index (χ4n) is 5.29. The lowest BCUT2D eigenvalue weighted by Crippen LogP contribution is -2.54. The second kappa shape index (κ2) is 10.4. The normalized spacial score (nSPS) is 21.3. The predicted octanol–water partition coefficient (Wildman–Crippen LogP) is 2.88. The van der Waals surface area contributed by atoms with E-state index < -0.39 is 0 Å². The second-order valence-corrected chi connectivity index (χ2v) is 8.98. The third kappa shape index (κ3) is 5.14. The molecule has 1 N–H and O–H groups in total. The van der Waals surface area contributed by atoms with Gasteiger partial charge in [-0.1, -0.05) is 31.0 Å². The van der Waals surface area contributed by atoms with E-state index in [1.807, 2.05) is 28.0 Å². The van der Waals surface area contributed by atoms with Gasteiger partial charge in [0.1, 0.15) is 5.75 Å². The van der Waals surface area contributed by atoms with E-state index in [2.05, 4.69) is 16.3 Å². The molecule has 0 spiro atoms. The quantitative estimate of drug-likeness (QED) is 0.757. The minimum atomic E-state index is -0.0351. The van der Waals surface area contributed by atoms with Crippen molar-refractivity contribution in [2.45, 2.75) is 44.6 Å². The molecular weight excluding hydrogens is 392 g/mol. The van der Waals surface area contributed by atoms with Crippen molar-refractivity contribution >= 4 is 11.9 Å². The van der Waals surface area contributed by atoms with E-state index >= 15 is 0 Å². The Hall–Kier alpha value is -2.28. The molecule has 0 aromatic heterocycles. The number of piperazine rings is 1. The number of carbonyl (C=O) groups excluding carboxylic acids is 2. The Labute approximate surface area is 185 Å². The summed E-state index contributed by atoms with van der Waals surface area (Å²) in [6.45, 7) is 5.14. The van der Waals surface area contributed by atoms with Gasteiger partial charge in [-0.25, -0.2) is 4.79 Å². The Balaban J connectivity index is 1.32. The van der Waals surface area contributed by atoms with Crippen LogP contribution in [0.15, 0.2) is 24.3 Å². The van der Waals surface area contributed by atoms with Crippen molar-refractivity contribution in [3.8, 4) is 5.75 Å². The second-order valence-electron chi connectivity index (χ2n) is 8.98. The van der Waals surface area contributed by atoms with Crippen LogP contribution in [-0.2, 0) is 4.79 Å². The molecule has 2 aliphatic heterocycles. The maximum absolute atomic E-state index is 12.9. The van der Waals surface area contributed by atoms with Gasteiger partial charge in [-0.2, -0.15) is 0 Å². The number of nitrogens with one attached hydrogen (secondary N) is 1. The zero-order chi connectivity index (χ0) is 21.6. The molecule has 31 heavy (non-hydrogen) atoms. The minimum absolute atomic E-state index is 0.0351. The molecule has 2 saturated heterocycles. The Morgan fingerprint density at radius 2 is 1.61 bits per heavy atom. The molecule has 0 radical (unpaired) electrons. The van der Waals surface area contributed by atoms with Crippen LogP contribution in [0, 0.1) is 5.92 Å². The van der Waals surface area contributed by atoms with Gasteiger partial charge >= 0.3 is 6.03 Å². The van der Waals surface area contributed by atoms with E-state index in [9.17, 15) is 9.59 Å². The van der Waals surface area contributed by atoms with E-state index in [0.29, 0.717) is 38.6 Å². The van der Waals surface area contributed by atoms with Crippen molar-refractivity contribution in [2.75, 3.05) is 52.9 Å². The molecule has 1 atom stereocenters. The molecule has 1 unspecified atom stereocenters. The van der Waals surface area contributed by atoms with Crippen LogP contribution in [0.1, 0.15) is 50.1 Å². The number of urea groups is 1. The number of likely N-dealkylation sites (tertiary alicyclic amines) is 1. The van der Waals surface area contributed by atoms with Crippen molar-refractivity contribution in [3.63, 3.8) is 0 Å². The standard InChI is InChI=1S/C24H36N4O3/c1-31-22-11-5-4-10-20(22)21(26-12-6-7-13-26)18-25-24(30)28-16-14-27(15-17-28)23(29)19-8-2-3-9-19/h4-5,10-11,19,21H,2-3,6-9,12-18H2,1H3,(H,25,30). The van der Waals surface area contributed by atoms with Gasteiger partial charge in [0.15, 0.2) is 0 Å². The third-order valence-corrected chi connectivity index (χ3v) is 7.11. The first-order valence-electron chi connectivity index (χ1n) is 11.9. The highest BCUT2D eigenvalue weighted by molar-refractivity contribution is 5.80. The monoisotopic (exact) mass is 428 g/mol. The molecule has 4 rings (SSSR count). The molecule has 170 valence electrons. The van der Waals surface area contributed by atoms with Crippen LogP contribution >= 0.6 is 0 Å². The SMILES string of the molecule is COc1ccccc1C(CNC(=O)N1CCN(C(=O)C2CCCC2)CC1)N1CCCC1. The van der Waals surface area contributed by atoms with E-state index in [1.54, 1.807) is 7.11 Å². The zero-order valence-electron chi connectivity index (χ0n) is 18.7. The van der Waals surface area contributed by atoms with Gasteiger partial charge < -0.3 is 19.9 Å². The largest absolute Gasteiger partial charge is 0.496 e. The number of para-hydroxylation sites is 1. The summed E-state index contributed by atoms with van der Waals surface area (Å²) >= 11 is 0. The lowest BCUT2D eigenvalue weighted by molar-refractivity contribution is -0.136. The summed E-state index contributed by atoms with van der Waals surface area (Å²) in [5.41, 5.74) is 1.12. The molecule has 7 heteroatoms. The molecule has 7 nitrogen and oxygen atoms in total. The van der Waals surface area contributed by atoms with Crippen molar-refractivity contribution in [1.82, 2.24) is 20.0 Å². The van der Waals surface area contributed by atoms with Crippen LogP contribution in [0.2, 0.25) is 0 Å². The molecular formula is C24H36N4O3. The number of hydrogen-bond acceptors (Lipinski definition) is 4. The van der Waals surface area contributed by atoms with Crippen LogP contribution in [0.5, 0.6) is 5.75 Å². The minimum Gasteiger partial charge on any atom is -0.496 e. The first-order valence-corrected chi connectivity index (χ1v) is 11.9. The first-order chi connectivity index (χ1) is 15.2. The Morgan fingerprint density at radius 3 is 2.29 bits per heavy atom. The maximum atomic E-state index is 12.9. The molecule has 3 fully saturated rings. The Bertz CT molecular complexity index is 751. The first kappa shape index (κ1) is 21.9. The summed E-state index contributed by atoms with van der Waals surface area (Å²) in [6.07, 6.45) is 6.78. The van der Waals surface area contributed by atoms with Gasteiger partial charge in [-0.15, -0.1) is 0 Å². The number of methoxy groups -OCH3 is 1. The molecule has 3 amide bonds. The van der Waals surface area contributed by atoms with Crippen LogP contribution in [-0.4, -0.2) is 79.6 Å². The average molecular weight is 429 g/mol. The lowest BCUT2D eigenvalue weighted by atomic mass is 10.0. The van der Waals surface area contributed by atoms with Gasteiger partial charge in [0, 0.05) is 44.2 Å². The van der Waals surface area contributed by atoms with Crippen molar-refractivity contribution in [2.24, 2.45) is 5.92 Å². The van der Waals surface area contributed by atoms with E-state index in [0.717, 1.165) is 37.2 Å². The summed E-state index contributed by atoms with van der Waals surface area (Å²) in [5, 5.41) is 3.16. The van der Waals surface area contributed by atoms with E-state index in [4.69, 9.17) is 4.74 Å². The summed E-state index contributed by atoms with van der Waals surface area (Å²) < 4.78 is 5.60. The number of carbonyl (C=O) groups is 2. The Kier molecular flexibility index (Phi) is 7.33. The van der Waals surface area contributed by atoms with Gasteiger partial charge in [-0.3, -0.25) is 9.69 Å². The zero-order valence-corrected chi connectivity index (χ0v) is 18.7. The topological polar surface area (TPSA) is 65.1 Å². The summed E-state index contributed by atoms with van der Waals surface area (Å²) in [6, 6.07) is 8.17. The molecule has 0 bridgehead atoms. The highest BCUT2D eigenvalue weighted by Gasteiger charge is 2.31. The fourth-order valence-corrected chi connectivity index (χ4v) is 5.29. The van der Waals surface area contributed by atoms with Gasteiger partial charge in [0.25, 0.3) is 0 Å². The number of amides is 3. The molecule has 1 aliphatic carbocycles. The Morgan fingerprint density at radius 1 is 0.968 bits per heavy atom. The van der Waals surface area contributed by atoms with Crippen LogP contribution < -0.4 is 10.1 Å². The summed E-state index contributed by atoms with van der Waals surface area (Å²) in [7, 11) is 1.70. The number of nitrogens with zero attached hydrogens (tertiary/aromatic N) is 3. The molecule has 1 aromatic carbocycles. The highest BCUT2D eigenvalue weighted by atomic mass is 16.5. The number of hydrogen-bond donors (Lipinski definition) is 1. The van der Waals surface area contributed by atoms with E-state index in [-0.39, 0.29) is 18.0 Å².